The molecule has 3 rings (SSSR count). The minimum atomic E-state index is -4.40. The van der Waals surface area contributed by atoms with Gasteiger partial charge < -0.3 is 14.8 Å². The van der Waals surface area contributed by atoms with Gasteiger partial charge in [-0.2, -0.15) is 13.2 Å². The Balaban J connectivity index is 1.61. The van der Waals surface area contributed by atoms with Crippen LogP contribution >= 0.6 is 0 Å². The number of anilines is 1. The highest BCUT2D eigenvalue weighted by molar-refractivity contribution is 5.92. The zero-order valence-electron chi connectivity index (χ0n) is 15.6. The molecule has 1 amide bonds. The molecule has 28 heavy (non-hydrogen) atoms. The Morgan fingerprint density at radius 1 is 1.07 bits per heavy atom. The monoisotopic (exact) mass is 394 g/mol. The normalized spacial score (nSPS) is 14.3. The SMILES string of the molecule is COc1cc2c(cc1OC)CN(CC(=O)Nc1ccc(C(F)(F)F)cc1)CC2. The van der Waals surface area contributed by atoms with Crippen molar-refractivity contribution in [3.8, 4) is 11.5 Å². The van der Waals surface area contributed by atoms with Crippen LogP contribution in [0.1, 0.15) is 16.7 Å². The molecule has 0 aromatic heterocycles. The summed E-state index contributed by atoms with van der Waals surface area (Å²) in [5.74, 6) is 1.04. The molecule has 150 valence electrons. The van der Waals surface area contributed by atoms with Crippen LogP contribution in [0.3, 0.4) is 0 Å². The predicted molar refractivity (Wildman–Crippen MR) is 98.6 cm³/mol. The number of amides is 1. The van der Waals surface area contributed by atoms with Gasteiger partial charge in [-0.1, -0.05) is 0 Å². The average molecular weight is 394 g/mol. The average Bonchev–Trinajstić information content (AvgIpc) is 2.66. The second-order valence-electron chi connectivity index (χ2n) is 6.56. The Labute approximate surface area is 161 Å². The van der Waals surface area contributed by atoms with Crippen LogP contribution in [0, 0.1) is 0 Å². The van der Waals surface area contributed by atoms with E-state index in [4.69, 9.17) is 9.47 Å². The van der Waals surface area contributed by atoms with Crippen LogP contribution in [0.4, 0.5) is 18.9 Å². The number of carbonyl (C=O) groups is 1. The molecule has 2 aromatic rings. The molecular formula is C20H21F3N2O3. The first kappa shape index (κ1) is 20.0. The highest BCUT2D eigenvalue weighted by atomic mass is 19.4. The van der Waals surface area contributed by atoms with Gasteiger partial charge in [-0.05, 0) is 53.9 Å². The maximum atomic E-state index is 12.6. The molecule has 1 heterocycles. The summed E-state index contributed by atoms with van der Waals surface area (Å²) in [5.41, 5.74) is 1.80. The lowest BCUT2D eigenvalue weighted by atomic mass is 9.99. The largest absolute Gasteiger partial charge is 0.493 e. The molecule has 1 aliphatic heterocycles. The highest BCUT2D eigenvalue weighted by Gasteiger charge is 2.30. The lowest BCUT2D eigenvalue weighted by Crippen LogP contribution is -2.37. The van der Waals surface area contributed by atoms with Gasteiger partial charge in [0.1, 0.15) is 0 Å². The van der Waals surface area contributed by atoms with Gasteiger partial charge in [0.25, 0.3) is 0 Å². The van der Waals surface area contributed by atoms with Crippen LogP contribution in [-0.2, 0) is 23.9 Å². The molecular weight excluding hydrogens is 373 g/mol. The fourth-order valence-electron chi connectivity index (χ4n) is 3.22. The molecule has 1 N–H and O–H groups in total. The molecule has 2 aromatic carbocycles. The van der Waals surface area contributed by atoms with Gasteiger partial charge in [0.05, 0.1) is 26.3 Å². The molecule has 0 bridgehead atoms. The van der Waals surface area contributed by atoms with Crippen molar-refractivity contribution in [2.75, 3.05) is 32.6 Å². The summed E-state index contributed by atoms with van der Waals surface area (Å²) in [6.45, 7) is 1.42. The fourth-order valence-corrected chi connectivity index (χ4v) is 3.22. The number of methoxy groups -OCH3 is 2. The summed E-state index contributed by atoms with van der Waals surface area (Å²) >= 11 is 0. The number of rotatable bonds is 5. The molecule has 0 saturated heterocycles. The van der Waals surface area contributed by atoms with Gasteiger partial charge in [-0.15, -0.1) is 0 Å². The van der Waals surface area contributed by atoms with Crippen LogP contribution in [0.5, 0.6) is 11.5 Å². The first-order valence-electron chi connectivity index (χ1n) is 8.73. The van der Waals surface area contributed by atoms with Gasteiger partial charge in [0, 0.05) is 18.8 Å². The van der Waals surface area contributed by atoms with E-state index in [2.05, 4.69) is 5.32 Å². The topological polar surface area (TPSA) is 50.8 Å². The van der Waals surface area contributed by atoms with Gasteiger partial charge >= 0.3 is 6.18 Å². The van der Waals surface area contributed by atoms with Crippen LogP contribution in [-0.4, -0.2) is 38.1 Å². The van der Waals surface area contributed by atoms with E-state index < -0.39 is 11.7 Å². The highest BCUT2D eigenvalue weighted by Crippen LogP contribution is 2.33. The Morgan fingerprint density at radius 2 is 1.68 bits per heavy atom. The lowest BCUT2D eigenvalue weighted by Gasteiger charge is -2.29. The van der Waals surface area contributed by atoms with E-state index in [0.29, 0.717) is 30.3 Å². The summed E-state index contributed by atoms with van der Waals surface area (Å²) in [4.78, 5) is 14.3. The molecule has 5 nitrogen and oxygen atoms in total. The molecule has 0 saturated carbocycles. The molecule has 0 unspecified atom stereocenters. The zero-order chi connectivity index (χ0) is 20.3. The third kappa shape index (κ3) is 4.56. The van der Waals surface area contributed by atoms with E-state index in [9.17, 15) is 18.0 Å². The molecule has 8 heteroatoms. The Kier molecular flexibility index (Phi) is 5.79. The zero-order valence-corrected chi connectivity index (χ0v) is 15.6. The lowest BCUT2D eigenvalue weighted by molar-refractivity contribution is -0.137. The molecule has 0 spiro atoms. The first-order chi connectivity index (χ1) is 13.3. The Bertz CT molecular complexity index is 851. The second kappa shape index (κ2) is 8.10. The number of benzene rings is 2. The van der Waals surface area contributed by atoms with Crippen molar-refractivity contribution in [1.29, 1.82) is 0 Å². The van der Waals surface area contributed by atoms with Gasteiger partial charge in [-0.3, -0.25) is 9.69 Å². The van der Waals surface area contributed by atoms with Gasteiger partial charge in [0.2, 0.25) is 5.91 Å². The fraction of sp³-hybridized carbons (Fsp3) is 0.350. The van der Waals surface area contributed by atoms with E-state index in [0.717, 1.165) is 29.7 Å². The Hall–Kier alpha value is -2.74. The molecule has 0 fully saturated rings. The number of ether oxygens (including phenoxy) is 2. The van der Waals surface area contributed by atoms with Crippen molar-refractivity contribution in [3.05, 3.63) is 53.1 Å². The maximum Gasteiger partial charge on any atom is 0.416 e. The third-order valence-corrected chi connectivity index (χ3v) is 4.66. The number of fused-ring (bicyclic) bond motifs is 1. The number of nitrogens with zero attached hydrogens (tertiary/aromatic N) is 1. The smallest absolute Gasteiger partial charge is 0.416 e. The van der Waals surface area contributed by atoms with Gasteiger partial charge in [0.15, 0.2) is 11.5 Å². The van der Waals surface area contributed by atoms with E-state index in [-0.39, 0.29) is 12.5 Å². The molecule has 0 atom stereocenters. The predicted octanol–water partition coefficient (Wildman–Crippen LogP) is 3.72. The van der Waals surface area contributed by atoms with Crippen LogP contribution in [0.15, 0.2) is 36.4 Å². The van der Waals surface area contributed by atoms with E-state index in [1.54, 1.807) is 14.2 Å². The summed E-state index contributed by atoms with van der Waals surface area (Å²) in [6.07, 6.45) is -3.63. The summed E-state index contributed by atoms with van der Waals surface area (Å²) in [5, 5.41) is 2.64. The summed E-state index contributed by atoms with van der Waals surface area (Å²) in [6, 6.07) is 8.27. The van der Waals surface area contributed by atoms with Crippen molar-refractivity contribution < 1.29 is 27.4 Å². The standard InChI is InChI=1S/C20H21F3N2O3/c1-27-17-9-13-7-8-25(11-14(13)10-18(17)28-2)12-19(26)24-16-5-3-15(4-6-16)20(21,22)23/h3-6,9-10H,7-8,11-12H2,1-2H3,(H,24,26). The van der Waals surface area contributed by atoms with Crippen molar-refractivity contribution in [2.24, 2.45) is 0 Å². The van der Waals surface area contributed by atoms with E-state index in [1.165, 1.54) is 12.1 Å². The minimum Gasteiger partial charge on any atom is -0.493 e. The second-order valence-corrected chi connectivity index (χ2v) is 6.56. The quantitative estimate of drug-likeness (QED) is 0.840. The third-order valence-electron chi connectivity index (χ3n) is 4.66. The maximum absolute atomic E-state index is 12.6. The van der Waals surface area contributed by atoms with Crippen molar-refractivity contribution in [3.63, 3.8) is 0 Å². The van der Waals surface area contributed by atoms with Crippen molar-refractivity contribution in [2.45, 2.75) is 19.1 Å². The number of alkyl halides is 3. The number of hydrogen-bond acceptors (Lipinski definition) is 4. The number of hydrogen-bond donors (Lipinski definition) is 1. The molecule has 1 aliphatic rings. The van der Waals surface area contributed by atoms with Crippen LogP contribution < -0.4 is 14.8 Å². The number of nitrogens with one attached hydrogen (secondary N) is 1. The van der Waals surface area contributed by atoms with Gasteiger partial charge in [-0.25, -0.2) is 0 Å². The number of halogens is 3. The number of carbonyl (C=O) groups excluding carboxylic acids is 1. The molecule has 0 radical (unpaired) electrons. The van der Waals surface area contributed by atoms with Crippen molar-refractivity contribution >= 4 is 11.6 Å². The minimum absolute atomic E-state index is 0.148. The van der Waals surface area contributed by atoms with E-state index in [1.807, 2.05) is 17.0 Å². The van der Waals surface area contributed by atoms with Crippen LogP contribution in [0.25, 0.3) is 0 Å². The first-order valence-corrected chi connectivity index (χ1v) is 8.73. The van der Waals surface area contributed by atoms with E-state index >= 15 is 0 Å². The summed E-state index contributed by atoms with van der Waals surface area (Å²) < 4.78 is 48.5. The van der Waals surface area contributed by atoms with Crippen LogP contribution in [0.2, 0.25) is 0 Å². The Morgan fingerprint density at radius 3 is 2.25 bits per heavy atom. The van der Waals surface area contributed by atoms with Crippen molar-refractivity contribution in [1.82, 2.24) is 4.90 Å². The summed E-state index contributed by atoms with van der Waals surface area (Å²) in [7, 11) is 3.16. The molecule has 0 aliphatic carbocycles.